The Kier molecular flexibility index (Phi) is 4.01. The minimum atomic E-state index is 0.0402. The minimum absolute atomic E-state index is 0.0402. The van der Waals surface area contributed by atoms with Crippen LogP contribution in [0.3, 0.4) is 0 Å². The molecular formula is C11H21N3O2. The van der Waals surface area contributed by atoms with Crippen LogP contribution in [0, 0.1) is 5.92 Å². The molecule has 5 nitrogen and oxygen atoms in total. The smallest absolute Gasteiger partial charge is 0.317 e. The molecule has 2 N–H and O–H groups in total. The molecule has 0 spiro atoms. The Morgan fingerprint density at radius 2 is 2.38 bits per heavy atom. The number of carbonyl (C=O) groups is 1. The molecule has 2 aliphatic heterocycles. The van der Waals surface area contributed by atoms with Gasteiger partial charge in [-0.3, -0.25) is 0 Å². The van der Waals surface area contributed by atoms with Crippen molar-refractivity contribution in [2.45, 2.75) is 19.4 Å². The molecule has 0 aliphatic carbocycles. The number of nitrogens with one attached hydrogen (secondary N) is 2. The van der Waals surface area contributed by atoms with Crippen LogP contribution in [-0.4, -0.2) is 56.4 Å². The summed E-state index contributed by atoms with van der Waals surface area (Å²) in [7, 11) is 0. The Morgan fingerprint density at radius 3 is 3.06 bits per heavy atom. The lowest BCUT2D eigenvalue weighted by atomic mass is 9.97. The van der Waals surface area contributed by atoms with Gasteiger partial charge in [-0.25, -0.2) is 4.79 Å². The first-order valence-corrected chi connectivity index (χ1v) is 6.12. The topological polar surface area (TPSA) is 53.6 Å². The highest BCUT2D eigenvalue weighted by molar-refractivity contribution is 5.76. The summed E-state index contributed by atoms with van der Waals surface area (Å²) in [6.45, 7) is 7.18. The van der Waals surface area contributed by atoms with Crippen LogP contribution in [0.1, 0.15) is 13.3 Å². The highest BCUT2D eigenvalue weighted by Gasteiger charge is 2.23. The summed E-state index contributed by atoms with van der Waals surface area (Å²) in [5.41, 5.74) is 0. The second-order valence-corrected chi connectivity index (χ2v) is 4.60. The maximum absolute atomic E-state index is 11.3. The molecule has 0 aromatic rings. The van der Waals surface area contributed by atoms with Crippen molar-refractivity contribution in [2.75, 3.05) is 39.3 Å². The number of carbonyl (C=O) groups excluding carboxylic acids is 1. The lowest BCUT2D eigenvalue weighted by Gasteiger charge is -2.30. The molecule has 16 heavy (non-hydrogen) atoms. The zero-order chi connectivity index (χ0) is 11.4. The first kappa shape index (κ1) is 11.7. The fourth-order valence-corrected chi connectivity index (χ4v) is 2.22. The van der Waals surface area contributed by atoms with Crippen molar-refractivity contribution in [1.82, 2.24) is 15.5 Å². The average Bonchev–Trinajstić information content (AvgIpc) is 2.67. The number of nitrogens with zero attached hydrogens (tertiary/aromatic N) is 1. The molecular weight excluding hydrogens is 206 g/mol. The molecule has 0 saturated carbocycles. The number of hydrogen-bond donors (Lipinski definition) is 2. The first-order valence-electron chi connectivity index (χ1n) is 6.12. The van der Waals surface area contributed by atoms with Gasteiger partial charge in [0.05, 0.1) is 12.7 Å². The monoisotopic (exact) mass is 227 g/mol. The van der Waals surface area contributed by atoms with Gasteiger partial charge < -0.3 is 20.3 Å². The molecule has 2 rings (SSSR count). The van der Waals surface area contributed by atoms with E-state index in [9.17, 15) is 4.79 Å². The van der Waals surface area contributed by atoms with Crippen molar-refractivity contribution in [2.24, 2.45) is 5.92 Å². The van der Waals surface area contributed by atoms with Gasteiger partial charge in [-0.15, -0.1) is 0 Å². The molecule has 2 fully saturated rings. The number of rotatable bonds is 4. The molecule has 0 aromatic carbocycles. The number of ether oxygens (including phenoxy) is 1. The predicted octanol–water partition coefficient (Wildman–Crippen LogP) is 0.0262. The zero-order valence-electron chi connectivity index (χ0n) is 9.87. The van der Waals surface area contributed by atoms with Crippen LogP contribution >= 0.6 is 0 Å². The van der Waals surface area contributed by atoms with Crippen LogP contribution in [-0.2, 0) is 4.74 Å². The SMILES string of the molecule is CC1CCNCC1OCCN1CCNC1=O. The minimum Gasteiger partial charge on any atom is -0.375 e. The molecule has 2 saturated heterocycles. The average molecular weight is 227 g/mol. The normalized spacial score (nSPS) is 30.6. The summed E-state index contributed by atoms with van der Waals surface area (Å²) < 4.78 is 5.82. The maximum Gasteiger partial charge on any atom is 0.317 e. The van der Waals surface area contributed by atoms with Crippen molar-refractivity contribution >= 4 is 6.03 Å². The van der Waals surface area contributed by atoms with Gasteiger partial charge in [0.25, 0.3) is 0 Å². The molecule has 5 heteroatoms. The van der Waals surface area contributed by atoms with Gasteiger partial charge >= 0.3 is 6.03 Å². The molecule has 0 aromatic heterocycles. The van der Waals surface area contributed by atoms with Crippen molar-refractivity contribution in [1.29, 1.82) is 0 Å². The molecule has 2 aliphatic rings. The first-order chi connectivity index (χ1) is 7.77. The number of piperidine rings is 1. The summed E-state index contributed by atoms with van der Waals surface area (Å²) >= 11 is 0. The van der Waals surface area contributed by atoms with E-state index in [1.165, 1.54) is 6.42 Å². The Morgan fingerprint density at radius 1 is 1.50 bits per heavy atom. The summed E-state index contributed by atoms with van der Waals surface area (Å²) in [5, 5.41) is 6.12. The van der Waals surface area contributed by atoms with Crippen LogP contribution < -0.4 is 10.6 Å². The van der Waals surface area contributed by atoms with Gasteiger partial charge in [-0.2, -0.15) is 0 Å². The summed E-state index contributed by atoms with van der Waals surface area (Å²) in [6.07, 6.45) is 1.48. The summed E-state index contributed by atoms with van der Waals surface area (Å²) in [5.74, 6) is 0.619. The van der Waals surface area contributed by atoms with Crippen LogP contribution in [0.15, 0.2) is 0 Å². The van der Waals surface area contributed by atoms with Crippen LogP contribution in [0.2, 0.25) is 0 Å². The molecule has 2 atom stereocenters. The van der Waals surface area contributed by atoms with E-state index in [0.29, 0.717) is 25.2 Å². The van der Waals surface area contributed by atoms with E-state index < -0.39 is 0 Å². The molecule has 2 amide bonds. The second kappa shape index (κ2) is 5.50. The van der Waals surface area contributed by atoms with E-state index >= 15 is 0 Å². The molecule has 2 heterocycles. The predicted molar refractivity (Wildman–Crippen MR) is 61.4 cm³/mol. The van der Waals surface area contributed by atoms with Crippen molar-refractivity contribution in [3.05, 3.63) is 0 Å². The standard InChI is InChI=1S/C11H21N3O2/c1-9-2-3-12-8-10(9)16-7-6-14-5-4-13-11(14)15/h9-10,12H,2-8H2,1H3,(H,13,15). The van der Waals surface area contributed by atoms with E-state index in [-0.39, 0.29) is 6.03 Å². The fraction of sp³-hybridized carbons (Fsp3) is 0.909. The van der Waals surface area contributed by atoms with E-state index in [1.807, 2.05) is 0 Å². The Labute approximate surface area is 96.5 Å². The molecule has 92 valence electrons. The Bertz CT molecular complexity index is 247. The van der Waals surface area contributed by atoms with Crippen LogP contribution in [0.25, 0.3) is 0 Å². The van der Waals surface area contributed by atoms with Gasteiger partial charge in [-0.1, -0.05) is 6.92 Å². The maximum atomic E-state index is 11.3. The third kappa shape index (κ3) is 2.86. The summed E-state index contributed by atoms with van der Waals surface area (Å²) in [4.78, 5) is 13.1. The number of amides is 2. The zero-order valence-corrected chi connectivity index (χ0v) is 9.87. The number of urea groups is 1. The molecule has 0 bridgehead atoms. The van der Waals surface area contributed by atoms with Crippen molar-refractivity contribution < 1.29 is 9.53 Å². The van der Waals surface area contributed by atoms with E-state index in [4.69, 9.17) is 4.74 Å². The highest BCUT2D eigenvalue weighted by atomic mass is 16.5. The Balaban J connectivity index is 1.65. The van der Waals surface area contributed by atoms with Gasteiger partial charge in [0, 0.05) is 26.2 Å². The summed E-state index contributed by atoms with van der Waals surface area (Å²) in [6, 6.07) is 0.0402. The number of hydrogen-bond acceptors (Lipinski definition) is 3. The third-order valence-corrected chi connectivity index (χ3v) is 3.39. The molecule has 2 unspecified atom stereocenters. The van der Waals surface area contributed by atoms with Crippen LogP contribution in [0.4, 0.5) is 4.79 Å². The highest BCUT2D eigenvalue weighted by Crippen LogP contribution is 2.14. The lowest BCUT2D eigenvalue weighted by Crippen LogP contribution is -2.42. The van der Waals surface area contributed by atoms with Gasteiger partial charge in [0.15, 0.2) is 0 Å². The van der Waals surface area contributed by atoms with Gasteiger partial charge in [-0.05, 0) is 18.9 Å². The van der Waals surface area contributed by atoms with E-state index in [1.54, 1.807) is 4.90 Å². The van der Waals surface area contributed by atoms with Crippen molar-refractivity contribution in [3.8, 4) is 0 Å². The van der Waals surface area contributed by atoms with E-state index in [2.05, 4.69) is 17.6 Å². The lowest BCUT2D eigenvalue weighted by molar-refractivity contribution is -0.000785. The van der Waals surface area contributed by atoms with E-state index in [0.717, 1.165) is 26.2 Å². The van der Waals surface area contributed by atoms with Crippen molar-refractivity contribution in [3.63, 3.8) is 0 Å². The molecule has 0 radical (unpaired) electrons. The third-order valence-electron chi connectivity index (χ3n) is 3.39. The van der Waals surface area contributed by atoms with Gasteiger partial charge in [0.1, 0.15) is 0 Å². The quantitative estimate of drug-likeness (QED) is 0.712. The Hall–Kier alpha value is -0.810. The second-order valence-electron chi connectivity index (χ2n) is 4.60. The van der Waals surface area contributed by atoms with Crippen LogP contribution in [0.5, 0.6) is 0 Å². The largest absolute Gasteiger partial charge is 0.375 e. The van der Waals surface area contributed by atoms with Gasteiger partial charge in [0.2, 0.25) is 0 Å². The fourth-order valence-electron chi connectivity index (χ4n) is 2.22.